The molecule has 1 fully saturated rings. The minimum absolute atomic E-state index is 0.119. The van der Waals surface area contributed by atoms with E-state index in [2.05, 4.69) is 19.2 Å². The van der Waals surface area contributed by atoms with Crippen LogP contribution in [0.5, 0.6) is 0 Å². The number of nitriles is 1. The lowest BCUT2D eigenvalue weighted by molar-refractivity contribution is -0.151. The van der Waals surface area contributed by atoms with Crippen molar-refractivity contribution in [3.63, 3.8) is 0 Å². The number of hydrogen-bond donors (Lipinski definition) is 1. The second-order valence-corrected chi connectivity index (χ2v) is 7.74. The largest absolute Gasteiger partial charge is 0.448 e. The molecule has 1 N–H and O–H groups in total. The fourth-order valence-electron chi connectivity index (χ4n) is 3.30. The number of nitrogens with zero attached hydrogens (tertiary/aromatic N) is 1. The molecule has 0 bridgehead atoms. The molecule has 0 aliphatic heterocycles. The van der Waals surface area contributed by atoms with Crippen molar-refractivity contribution in [2.75, 3.05) is 0 Å². The summed E-state index contributed by atoms with van der Waals surface area (Å²) >= 11 is 0. The van der Waals surface area contributed by atoms with Crippen LogP contribution < -0.4 is 5.32 Å². The van der Waals surface area contributed by atoms with Crippen LogP contribution in [0.2, 0.25) is 0 Å². The van der Waals surface area contributed by atoms with Crippen LogP contribution >= 0.6 is 0 Å². The number of carbonyl (C=O) groups is 2. The van der Waals surface area contributed by atoms with Gasteiger partial charge in [0.25, 0.3) is 5.91 Å². The van der Waals surface area contributed by atoms with Crippen molar-refractivity contribution >= 4 is 18.0 Å². The number of amides is 1. The number of benzene rings is 1. The van der Waals surface area contributed by atoms with Crippen LogP contribution in [0.25, 0.3) is 6.08 Å². The van der Waals surface area contributed by atoms with Crippen molar-refractivity contribution in [3.05, 3.63) is 41.0 Å². The van der Waals surface area contributed by atoms with Gasteiger partial charge in [0.05, 0.1) is 0 Å². The minimum Gasteiger partial charge on any atom is -0.448 e. The summed E-state index contributed by atoms with van der Waals surface area (Å²) in [6.07, 6.45) is 7.09. The molecule has 1 aliphatic rings. The molecular formula is C23H30N2O3. The Kier molecular flexibility index (Phi) is 8.25. The van der Waals surface area contributed by atoms with Gasteiger partial charge in [-0.05, 0) is 42.9 Å². The van der Waals surface area contributed by atoms with E-state index in [9.17, 15) is 14.9 Å². The normalized spacial score (nSPS) is 16.8. The molecule has 1 aliphatic carbocycles. The Morgan fingerprint density at radius 3 is 2.25 bits per heavy atom. The molecular weight excluding hydrogens is 352 g/mol. The van der Waals surface area contributed by atoms with E-state index in [4.69, 9.17) is 4.74 Å². The summed E-state index contributed by atoms with van der Waals surface area (Å²) in [4.78, 5) is 24.7. The molecule has 5 nitrogen and oxygen atoms in total. The molecule has 0 saturated heterocycles. The van der Waals surface area contributed by atoms with E-state index in [1.165, 1.54) is 31.4 Å². The molecule has 1 aromatic carbocycles. The molecule has 150 valence electrons. The maximum atomic E-state index is 12.3. The molecule has 0 aromatic heterocycles. The van der Waals surface area contributed by atoms with E-state index in [1.807, 2.05) is 30.3 Å². The van der Waals surface area contributed by atoms with Gasteiger partial charge in [0.15, 0.2) is 6.10 Å². The molecule has 1 amide bonds. The quantitative estimate of drug-likeness (QED) is 0.340. The summed E-state index contributed by atoms with van der Waals surface area (Å²) in [5.74, 6) is -0.677. The highest BCUT2D eigenvalue weighted by Gasteiger charge is 2.23. The van der Waals surface area contributed by atoms with E-state index in [1.54, 1.807) is 0 Å². The smallest absolute Gasteiger partial charge is 0.349 e. The zero-order valence-electron chi connectivity index (χ0n) is 17.0. The first kappa shape index (κ1) is 21.7. The summed E-state index contributed by atoms with van der Waals surface area (Å²) < 4.78 is 5.23. The first-order chi connectivity index (χ1) is 13.4. The lowest BCUT2D eigenvalue weighted by Gasteiger charge is -2.19. The number of nitrogens with one attached hydrogen (secondary N) is 1. The molecule has 0 spiro atoms. The molecule has 1 saturated carbocycles. The van der Waals surface area contributed by atoms with Gasteiger partial charge in [0, 0.05) is 6.04 Å². The Balaban J connectivity index is 1.96. The average Bonchev–Trinajstić information content (AvgIpc) is 2.94. The molecule has 0 radical (unpaired) electrons. The third-order valence-electron chi connectivity index (χ3n) is 5.11. The number of rotatable bonds is 6. The third kappa shape index (κ3) is 6.53. The molecule has 28 heavy (non-hydrogen) atoms. The van der Waals surface area contributed by atoms with Crippen molar-refractivity contribution in [1.29, 1.82) is 5.26 Å². The van der Waals surface area contributed by atoms with Crippen LogP contribution in [-0.4, -0.2) is 24.0 Å². The van der Waals surface area contributed by atoms with Crippen LogP contribution in [0.15, 0.2) is 29.8 Å². The van der Waals surface area contributed by atoms with Gasteiger partial charge in [-0.15, -0.1) is 0 Å². The summed E-state index contributed by atoms with van der Waals surface area (Å²) in [7, 11) is 0. The highest BCUT2D eigenvalue weighted by Crippen LogP contribution is 2.18. The van der Waals surface area contributed by atoms with Crippen molar-refractivity contribution in [1.82, 2.24) is 5.32 Å². The zero-order chi connectivity index (χ0) is 20.5. The van der Waals surface area contributed by atoms with Crippen molar-refractivity contribution in [3.8, 4) is 6.07 Å². The predicted octanol–water partition coefficient (Wildman–Crippen LogP) is 4.49. The Morgan fingerprint density at radius 1 is 1.11 bits per heavy atom. The number of esters is 1. The predicted molar refractivity (Wildman–Crippen MR) is 109 cm³/mol. The standard InChI is InChI=1S/C23H30N2O3/c1-16(2)19-12-10-18(11-13-19)14-20(15-24)23(27)28-17(3)22(26)25-21-8-6-4-5-7-9-21/h10-14,16-17,21H,4-9H2,1-3H3,(H,25,26)/b20-14+/t17-/m0/s1. The van der Waals surface area contributed by atoms with Gasteiger partial charge in [0.1, 0.15) is 11.6 Å². The number of carbonyl (C=O) groups excluding carboxylic acids is 2. The van der Waals surface area contributed by atoms with Gasteiger partial charge < -0.3 is 10.1 Å². The lowest BCUT2D eigenvalue weighted by atomic mass is 10.0. The van der Waals surface area contributed by atoms with Crippen LogP contribution in [0.3, 0.4) is 0 Å². The molecule has 5 heteroatoms. The fourth-order valence-corrected chi connectivity index (χ4v) is 3.30. The second-order valence-electron chi connectivity index (χ2n) is 7.74. The van der Waals surface area contributed by atoms with E-state index >= 15 is 0 Å². The third-order valence-corrected chi connectivity index (χ3v) is 5.11. The Bertz CT molecular complexity index is 736. The minimum atomic E-state index is -0.934. The molecule has 2 rings (SSSR count). The van der Waals surface area contributed by atoms with Crippen molar-refractivity contribution < 1.29 is 14.3 Å². The second kappa shape index (κ2) is 10.7. The van der Waals surface area contributed by atoms with Gasteiger partial charge in [-0.3, -0.25) is 4.79 Å². The van der Waals surface area contributed by atoms with Crippen molar-refractivity contribution in [2.45, 2.75) is 77.4 Å². The molecule has 1 atom stereocenters. The Labute approximate surface area is 167 Å². The van der Waals surface area contributed by atoms with Gasteiger partial charge in [-0.2, -0.15) is 5.26 Å². The van der Waals surface area contributed by atoms with Crippen LogP contribution in [0.1, 0.15) is 76.3 Å². The Hall–Kier alpha value is -2.61. The summed E-state index contributed by atoms with van der Waals surface area (Å²) in [5, 5.41) is 12.3. The van der Waals surface area contributed by atoms with E-state index in [0.717, 1.165) is 31.2 Å². The van der Waals surface area contributed by atoms with E-state index in [-0.39, 0.29) is 17.5 Å². The SMILES string of the molecule is CC(C)c1ccc(/C=C(\C#N)C(=O)O[C@@H](C)C(=O)NC2CCCCCC2)cc1. The summed E-state index contributed by atoms with van der Waals surface area (Å²) in [6, 6.07) is 9.69. The van der Waals surface area contributed by atoms with Gasteiger partial charge in [0.2, 0.25) is 0 Å². The number of ether oxygens (including phenoxy) is 1. The maximum absolute atomic E-state index is 12.3. The lowest BCUT2D eigenvalue weighted by Crippen LogP contribution is -2.42. The fraction of sp³-hybridized carbons (Fsp3) is 0.522. The highest BCUT2D eigenvalue weighted by molar-refractivity contribution is 5.99. The topological polar surface area (TPSA) is 79.2 Å². The van der Waals surface area contributed by atoms with Gasteiger partial charge in [-0.1, -0.05) is 63.8 Å². The summed E-state index contributed by atoms with van der Waals surface area (Å²) in [5.41, 5.74) is 1.81. The van der Waals surface area contributed by atoms with Crippen LogP contribution in [0, 0.1) is 11.3 Å². The first-order valence-corrected chi connectivity index (χ1v) is 10.1. The van der Waals surface area contributed by atoms with E-state index < -0.39 is 12.1 Å². The van der Waals surface area contributed by atoms with E-state index in [0.29, 0.717) is 5.92 Å². The average molecular weight is 383 g/mol. The monoisotopic (exact) mass is 382 g/mol. The highest BCUT2D eigenvalue weighted by atomic mass is 16.5. The van der Waals surface area contributed by atoms with Crippen molar-refractivity contribution in [2.24, 2.45) is 0 Å². The molecule has 1 aromatic rings. The molecule has 0 unspecified atom stereocenters. The van der Waals surface area contributed by atoms with Crippen LogP contribution in [-0.2, 0) is 14.3 Å². The van der Waals surface area contributed by atoms with Gasteiger partial charge in [-0.25, -0.2) is 4.79 Å². The first-order valence-electron chi connectivity index (χ1n) is 10.1. The Morgan fingerprint density at radius 2 is 1.71 bits per heavy atom. The van der Waals surface area contributed by atoms with Gasteiger partial charge >= 0.3 is 5.97 Å². The summed E-state index contributed by atoms with van der Waals surface area (Å²) in [6.45, 7) is 5.74. The number of hydrogen-bond acceptors (Lipinski definition) is 4. The molecule has 0 heterocycles. The maximum Gasteiger partial charge on any atom is 0.349 e. The zero-order valence-corrected chi connectivity index (χ0v) is 17.0. The van der Waals surface area contributed by atoms with Crippen LogP contribution in [0.4, 0.5) is 0 Å².